The van der Waals surface area contributed by atoms with Crippen LogP contribution >= 0.6 is 0 Å². The number of nitrogens with one attached hydrogen (secondary N) is 1. The van der Waals surface area contributed by atoms with Crippen molar-refractivity contribution in [2.24, 2.45) is 0 Å². The van der Waals surface area contributed by atoms with E-state index in [9.17, 15) is 4.79 Å². The molecule has 0 spiro atoms. The third-order valence-corrected chi connectivity index (χ3v) is 5.01. The average Bonchev–Trinajstić information content (AvgIpc) is 3.24. The number of urea groups is 1. The smallest absolute Gasteiger partial charge is 0.321 e. The van der Waals surface area contributed by atoms with Gasteiger partial charge in [0.2, 0.25) is 0 Å². The summed E-state index contributed by atoms with van der Waals surface area (Å²) < 4.78 is 16.7. The molecular weight excluding hydrogens is 374 g/mol. The number of anilines is 2. The van der Waals surface area contributed by atoms with Crippen LogP contribution in [0.1, 0.15) is 6.42 Å². The molecule has 3 heterocycles. The molecule has 2 amide bonds. The van der Waals surface area contributed by atoms with Gasteiger partial charge in [-0.15, -0.1) is 0 Å². The molecule has 29 heavy (non-hydrogen) atoms. The van der Waals surface area contributed by atoms with Crippen LogP contribution in [0, 0.1) is 0 Å². The van der Waals surface area contributed by atoms with Gasteiger partial charge < -0.3 is 29.3 Å². The number of amides is 2. The molecule has 0 aliphatic carbocycles. The first-order valence-corrected chi connectivity index (χ1v) is 9.73. The van der Waals surface area contributed by atoms with E-state index >= 15 is 0 Å². The Morgan fingerprint density at radius 1 is 1.14 bits per heavy atom. The zero-order valence-electron chi connectivity index (χ0n) is 16.4. The molecular formula is C20H25N5O4. The fourth-order valence-electron chi connectivity index (χ4n) is 3.44. The van der Waals surface area contributed by atoms with Crippen LogP contribution < -0.4 is 19.7 Å². The van der Waals surface area contributed by atoms with Gasteiger partial charge in [-0.1, -0.05) is 0 Å². The first-order chi connectivity index (χ1) is 14.2. The molecule has 0 radical (unpaired) electrons. The Labute approximate surface area is 169 Å². The van der Waals surface area contributed by atoms with Gasteiger partial charge in [0.15, 0.2) is 5.82 Å². The third-order valence-electron chi connectivity index (χ3n) is 5.01. The molecule has 1 N–H and O–H groups in total. The molecule has 2 saturated heterocycles. The van der Waals surface area contributed by atoms with E-state index in [2.05, 4.69) is 20.2 Å². The largest absolute Gasteiger partial charge is 0.497 e. The summed E-state index contributed by atoms with van der Waals surface area (Å²) in [5, 5.41) is 2.91. The van der Waals surface area contributed by atoms with Crippen molar-refractivity contribution in [3.63, 3.8) is 0 Å². The van der Waals surface area contributed by atoms with Crippen molar-refractivity contribution < 1.29 is 19.0 Å². The van der Waals surface area contributed by atoms with Crippen molar-refractivity contribution >= 4 is 17.5 Å². The number of morpholine rings is 1. The third kappa shape index (κ3) is 4.68. The second-order valence-electron chi connectivity index (χ2n) is 6.92. The van der Waals surface area contributed by atoms with Crippen LogP contribution in [-0.4, -0.2) is 73.5 Å². The molecule has 2 aliphatic heterocycles. The quantitative estimate of drug-likeness (QED) is 0.823. The molecule has 2 aliphatic rings. The summed E-state index contributed by atoms with van der Waals surface area (Å²) in [6, 6.07) is 7.11. The van der Waals surface area contributed by atoms with Gasteiger partial charge >= 0.3 is 6.03 Å². The fourth-order valence-corrected chi connectivity index (χ4v) is 3.44. The summed E-state index contributed by atoms with van der Waals surface area (Å²) in [7, 11) is 1.61. The standard InChI is InChI=1S/C20H25N5O4/c1-27-16-4-2-15(3-5-16)23-20(26)25-9-6-17(14-25)29-19-18(21-7-8-22-19)24-10-12-28-13-11-24/h2-5,7-8,17H,6,9-14H2,1H3,(H,23,26). The maximum atomic E-state index is 12.6. The van der Waals surface area contributed by atoms with E-state index in [0.717, 1.165) is 36.8 Å². The van der Waals surface area contributed by atoms with Crippen molar-refractivity contribution in [2.45, 2.75) is 12.5 Å². The van der Waals surface area contributed by atoms with Gasteiger partial charge in [-0.3, -0.25) is 0 Å². The molecule has 9 heteroatoms. The number of carbonyl (C=O) groups is 1. The van der Waals surface area contributed by atoms with E-state index < -0.39 is 0 Å². The minimum Gasteiger partial charge on any atom is -0.497 e. The van der Waals surface area contributed by atoms with E-state index in [4.69, 9.17) is 14.2 Å². The minimum absolute atomic E-state index is 0.117. The lowest BCUT2D eigenvalue weighted by atomic mass is 10.3. The van der Waals surface area contributed by atoms with E-state index in [1.54, 1.807) is 24.4 Å². The van der Waals surface area contributed by atoms with Gasteiger partial charge in [0, 0.05) is 44.1 Å². The molecule has 4 rings (SSSR count). The van der Waals surface area contributed by atoms with Gasteiger partial charge in [0.25, 0.3) is 5.88 Å². The first kappa shape index (κ1) is 19.3. The highest BCUT2D eigenvalue weighted by atomic mass is 16.5. The van der Waals surface area contributed by atoms with Crippen molar-refractivity contribution in [3.05, 3.63) is 36.7 Å². The predicted molar refractivity (Wildman–Crippen MR) is 108 cm³/mol. The van der Waals surface area contributed by atoms with Crippen molar-refractivity contribution in [1.29, 1.82) is 0 Å². The van der Waals surface area contributed by atoms with Crippen LogP contribution in [0.4, 0.5) is 16.3 Å². The SMILES string of the molecule is COc1ccc(NC(=O)N2CCC(Oc3nccnc3N3CCOCC3)C2)cc1. The highest BCUT2D eigenvalue weighted by Crippen LogP contribution is 2.26. The van der Waals surface area contributed by atoms with Gasteiger partial charge in [-0.2, -0.15) is 0 Å². The second-order valence-corrected chi connectivity index (χ2v) is 6.92. The van der Waals surface area contributed by atoms with Gasteiger partial charge in [0.1, 0.15) is 11.9 Å². The van der Waals surface area contributed by atoms with Crippen molar-refractivity contribution in [1.82, 2.24) is 14.9 Å². The molecule has 1 unspecified atom stereocenters. The Kier molecular flexibility index (Phi) is 5.95. The number of nitrogens with zero attached hydrogens (tertiary/aromatic N) is 4. The molecule has 1 atom stereocenters. The predicted octanol–water partition coefficient (Wildman–Crippen LogP) is 2.01. The van der Waals surface area contributed by atoms with E-state index in [1.165, 1.54) is 0 Å². The number of benzene rings is 1. The summed E-state index contributed by atoms with van der Waals surface area (Å²) in [5.74, 6) is 1.99. The summed E-state index contributed by atoms with van der Waals surface area (Å²) >= 11 is 0. The maximum Gasteiger partial charge on any atom is 0.321 e. The first-order valence-electron chi connectivity index (χ1n) is 9.73. The van der Waals surface area contributed by atoms with Gasteiger partial charge in [0.05, 0.1) is 26.9 Å². The zero-order valence-corrected chi connectivity index (χ0v) is 16.4. The van der Waals surface area contributed by atoms with E-state index in [1.807, 2.05) is 24.3 Å². The number of ether oxygens (including phenoxy) is 3. The maximum absolute atomic E-state index is 12.6. The number of hydrogen-bond acceptors (Lipinski definition) is 7. The molecule has 9 nitrogen and oxygen atoms in total. The zero-order chi connectivity index (χ0) is 20.1. The monoisotopic (exact) mass is 399 g/mol. The second kappa shape index (κ2) is 8.95. The Balaban J connectivity index is 1.34. The molecule has 2 aromatic rings. The highest BCUT2D eigenvalue weighted by molar-refractivity contribution is 5.89. The summed E-state index contributed by atoms with van der Waals surface area (Å²) in [5.41, 5.74) is 0.726. The molecule has 0 bridgehead atoms. The molecule has 0 saturated carbocycles. The molecule has 154 valence electrons. The van der Waals surface area contributed by atoms with E-state index in [0.29, 0.717) is 32.2 Å². The molecule has 1 aromatic carbocycles. The molecule has 1 aromatic heterocycles. The fraction of sp³-hybridized carbons (Fsp3) is 0.450. The topological polar surface area (TPSA) is 89.0 Å². The van der Waals surface area contributed by atoms with Gasteiger partial charge in [-0.25, -0.2) is 14.8 Å². The van der Waals surface area contributed by atoms with Crippen LogP contribution in [0.5, 0.6) is 11.6 Å². The number of likely N-dealkylation sites (tertiary alicyclic amines) is 1. The number of hydrogen-bond donors (Lipinski definition) is 1. The number of aromatic nitrogens is 2. The lowest BCUT2D eigenvalue weighted by molar-refractivity contribution is 0.121. The van der Waals surface area contributed by atoms with Crippen LogP contribution in [0.3, 0.4) is 0 Å². The van der Waals surface area contributed by atoms with Gasteiger partial charge in [-0.05, 0) is 24.3 Å². The number of carbonyl (C=O) groups excluding carboxylic acids is 1. The van der Waals surface area contributed by atoms with Crippen molar-refractivity contribution in [2.75, 3.05) is 56.7 Å². The van der Waals surface area contributed by atoms with Crippen LogP contribution in [0.2, 0.25) is 0 Å². The number of methoxy groups -OCH3 is 1. The van der Waals surface area contributed by atoms with Crippen LogP contribution in [0.25, 0.3) is 0 Å². The lowest BCUT2D eigenvalue weighted by Gasteiger charge is -2.29. The summed E-state index contributed by atoms with van der Waals surface area (Å²) in [4.78, 5) is 25.3. The van der Waals surface area contributed by atoms with E-state index in [-0.39, 0.29) is 12.1 Å². The lowest BCUT2D eigenvalue weighted by Crippen LogP contribution is -2.37. The summed E-state index contributed by atoms with van der Waals surface area (Å²) in [6.07, 6.45) is 3.92. The highest BCUT2D eigenvalue weighted by Gasteiger charge is 2.29. The average molecular weight is 399 g/mol. The summed E-state index contributed by atoms with van der Waals surface area (Å²) in [6.45, 7) is 3.98. The molecule has 2 fully saturated rings. The van der Waals surface area contributed by atoms with Crippen LogP contribution in [-0.2, 0) is 4.74 Å². The number of rotatable bonds is 5. The Morgan fingerprint density at radius 2 is 1.90 bits per heavy atom. The minimum atomic E-state index is -0.145. The Bertz CT molecular complexity index is 826. The Morgan fingerprint density at radius 3 is 2.66 bits per heavy atom. The van der Waals surface area contributed by atoms with Crippen molar-refractivity contribution in [3.8, 4) is 11.6 Å². The normalized spacial score (nSPS) is 19.1. The van der Waals surface area contributed by atoms with Crippen LogP contribution in [0.15, 0.2) is 36.7 Å². The Hall–Kier alpha value is -3.07.